The summed E-state index contributed by atoms with van der Waals surface area (Å²) < 4.78 is 0. The predicted octanol–water partition coefficient (Wildman–Crippen LogP) is 3.82. The average Bonchev–Trinajstić information content (AvgIpc) is 3.01. The second-order valence-corrected chi connectivity index (χ2v) is 5.18. The van der Waals surface area contributed by atoms with E-state index in [9.17, 15) is 0 Å². The normalized spacial score (nSPS) is 10.8. The van der Waals surface area contributed by atoms with Gasteiger partial charge < -0.3 is 0 Å². The van der Waals surface area contributed by atoms with Crippen LogP contribution in [0.2, 0.25) is 0 Å². The van der Waals surface area contributed by atoms with E-state index in [0.717, 1.165) is 22.1 Å². The highest BCUT2D eigenvalue weighted by Crippen LogP contribution is 2.26. The fourth-order valence-corrected chi connectivity index (χ4v) is 2.56. The molecule has 0 fully saturated rings. The summed E-state index contributed by atoms with van der Waals surface area (Å²) in [7, 11) is 0. The molecule has 1 aromatic carbocycles. The summed E-state index contributed by atoms with van der Waals surface area (Å²) in [5.74, 6) is 1.60. The molecular weight excluding hydrogens is 242 g/mol. The summed E-state index contributed by atoms with van der Waals surface area (Å²) in [4.78, 5) is 5.68. The van der Waals surface area contributed by atoms with E-state index in [1.807, 2.05) is 23.6 Å². The summed E-state index contributed by atoms with van der Waals surface area (Å²) in [5, 5.41) is 9.35. The number of H-pyrrole nitrogens is 1. The SMILES string of the molecule is Cc1cccc(-c2n[nH]c(-c3cccs3)n2)c1C. The minimum Gasteiger partial charge on any atom is -0.258 e. The molecule has 1 N–H and O–H groups in total. The largest absolute Gasteiger partial charge is 0.258 e. The third kappa shape index (κ3) is 1.84. The van der Waals surface area contributed by atoms with Gasteiger partial charge in [-0.1, -0.05) is 24.3 Å². The monoisotopic (exact) mass is 255 g/mol. The van der Waals surface area contributed by atoms with Crippen LogP contribution in [0.5, 0.6) is 0 Å². The first-order valence-electron chi connectivity index (χ1n) is 5.78. The molecule has 0 aliphatic rings. The van der Waals surface area contributed by atoms with Gasteiger partial charge in [0.05, 0.1) is 4.88 Å². The standard InChI is InChI=1S/C14H13N3S/c1-9-5-3-6-11(10(9)2)13-15-14(17-16-13)12-7-4-8-18-12/h3-8H,1-2H3,(H,15,16,17). The first-order chi connectivity index (χ1) is 8.75. The van der Waals surface area contributed by atoms with Gasteiger partial charge in [0.1, 0.15) is 0 Å². The van der Waals surface area contributed by atoms with Crippen LogP contribution in [-0.4, -0.2) is 15.2 Å². The summed E-state index contributed by atoms with van der Waals surface area (Å²) in [6, 6.07) is 10.3. The van der Waals surface area contributed by atoms with Crippen molar-refractivity contribution in [3.63, 3.8) is 0 Å². The number of aryl methyl sites for hydroxylation is 1. The van der Waals surface area contributed by atoms with E-state index >= 15 is 0 Å². The minimum absolute atomic E-state index is 0.764. The van der Waals surface area contributed by atoms with Crippen LogP contribution in [0.4, 0.5) is 0 Å². The van der Waals surface area contributed by atoms with Crippen molar-refractivity contribution >= 4 is 11.3 Å². The Morgan fingerprint density at radius 1 is 1.11 bits per heavy atom. The molecular formula is C14H13N3S. The van der Waals surface area contributed by atoms with Gasteiger partial charge in [-0.25, -0.2) is 4.98 Å². The van der Waals surface area contributed by atoms with Gasteiger partial charge in [-0.3, -0.25) is 5.10 Å². The van der Waals surface area contributed by atoms with Gasteiger partial charge in [0.15, 0.2) is 11.6 Å². The lowest BCUT2D eigenvalue weighted by atomic mass is 10.0. The highest BCUT2D eigenvalue weighted by atomic mass is 32.1. The first kappa shape index (κ1) is 11.2. The minimum atomic E-state index is 0.764. The molecule has 2 heterocycles. The van der Waals surface area contributed by atoms with Crippen molar-refractivity contribution in [1.82, 2.24) is 15.2 Å². The molecule has 0 amide bonds. The van der Waals surface area contributed by atoms with Gasteiger partial charge in [0.25, 0.3) is 0 Å². The van der Waals surface area contributed by atoms with E-state index in [1.165, 1.54) is 11.1 Å². The molecule has 0 saturated heterocycles. The maximum atomic E-state index is 4.57. The zero-order chi connectivity index (χ0) is 12.5. The Kier molecular flexibility index (Phi) is 2.72. The van der Waals surface area contributed by atoms with Crippen LogP contribution < -0.4 is 0 Å². The van der Waals surface area contributed by atoms with Gasteiger partial charge in [-0.15, -0.1) is 11.3 Å². The van der Waals surface area contributed by atoms with Gasteiger partial charge in [-0.2, -0.15) is 5.10 Å². The zero-order valence-electron chi connectivity index (χ0n) is 10.3. The third-order valence-corrected chi connectivity index (χ3v) is 3.96. The molecule has 90 valence electrons. The highest BCUT2D eigenvalue weighted by molar-refractivity contribution is 7.13. The van der Waals surface area contributed by atoms with Gasteiger partial charge in [0, 0.05) is 5.56 Å². The van der Waals surface area contributed by atoms with Crippen LogP contribution in [-0.2, 0) is 0 Å². The average molecular weight is 255 g/mol. The number of hydrogen-bond acceptors (Lipinski definition) is 3. The molecule has 0 aliphatic carbocycles. The van der Waals surface area contributed by atoms with Crippen LogP contribution in [0.25, 0.3) is 22.1 Å². The van der Waals surface area contributed by atoms with Crippen LogP contribution >= 0.6 is 11.3 Å². The number of rotatable bonds is 2. The Labute approximate surface area is 110 Å². The molecule has 0 bridgehead atoms. The Morgan fingerprint density at radius 2 is 2.00 bits per heavy atom. The number of nitrogens with one attached hydrogen (secondary N) is 1. The quantitative estimate of drug-likeness (QED) is 0.756. The second kappa shape index (κ2) is 4.38. The predicted molar refractivity (Wildman–Crippen MR) is 74.6 cm³/mol. The fraction of sp³-hybridized carbons (Fsp3) is 0.143. The lowest BCUT2D eigenvalue weighted by molar-refractivity contribution is 1.10. The molecule has 0 spiro atoms. The molecule has 2 aromatic heterocycles. The molecule has 0 radical (unpaired) electrons. The van der Waals surface area contributed by atoms with Crippen LogP contribution in [0, 0.1) is 13.8 Å². The van der Waals surface area contributed by atoms with Crippen LogP contribution in [0.1, 0.15) is 11.1 Å². The molecule has 18 heavy (non-hydrogen) atoms. The van der Waals surface area contributed by atoms with E-state index in [2.05, 4.69) is 41.2 Å². The summed E-state index contributed by atoms with van der Waals surface area (Å²) >= 11 is 1.66. The summed E-state index contributed by atoms with van der Waals surface area (Å²) in [6.07, 6.45) is 0. The molecule has 3 rings (SSSR count). The Bertz CT molecular complexity index is 668. The Balaban J connectivity index is 2.06. The van der Waals surface area contributed by atoms with Crippen LogP contribution in [0.3, 0.4) is 0 Å². The number of nitrogens with zero attached hydrogens (tertiary/aromatic N) is 2. The van der Waals surface area contributed by atoms with Gasteiger partial charge in [-0.05, 0) is 36.4 Å². The molecule has 0 saturated carbocycles. The molecule has 0 unspecified atom stereocenters. The Hall–Kier alpha value is -1.94. The van der Waals surface area contributed by atoms with Crippen molar-refractivity contribution in [2.45, 2.75) is 13.8 Å². The maximum Gasteiger partial charge on any atom is 0.181 e. The second-order valence-electron chi connectivity index (χ2n) is 4.23. The van der Waals surface area contributed by atoms with E-state index in [0.29, 0.717) is 0 Å². The number of hydrogen-bond donors (Lipinski definition) is 1. The fourth-order valence-electron chi connectivity index (χ4n) is 1.90. The van der Waals surface area contributed by atoms with Gasteiger partial charge >= 0.3 is 0 Å². The summed E-state index contributed by atoms with van der Waals surface area (Å²) in [6.45, 7) is 4.21. The summed E-state index contributed by atoms with van der Waals surface area (Å²) in [5.41, 5.74) is 3.58. The smallest absolute Gasteiger partial charge is 0.181 e. The zero-order valence-corrected chi connectivity index (χ0v) is 11.1. The topological polar surface area (TPSA) is 41.6 Å². The Morgan fingerprint density at radius 3 is 2.78 bits per heavy atom. The number of thiophene rings is 1. The van der Waals surface area contributed by atoms with Crippen LogP contribution in [0.15, 0.2) is 35.7 Å². The van der Waals surface area contributed by atoms with Crippen molar-refractivity contribution in [2.24, 2.45) is 0 Å². The highest BCUT2D eigenvalue weighted by Gasteiger charge is 2.10. The first-order valence-corrected chi connectivity index (χ1v) is 6.66. The number of aromatic amines is 1. The van der Waals surface area contributed by atoms with Crippen molar-refractivity contribution in [3.05, 3.63) is 46.8 Å². The van der Waals surface area contributed by atoms with Crippen molar-refractivity contribution in [3.8, 4) is 22.1 Å². The third-order valence-electron chi connectivity index (χ3n) is 3.09. The molecule has 4 heteroatoms. The van der Waals surface area contributed by atoms with Crippen molar-refractivity contribution in [1.29, 1.82) is 0 Å². The molecule has 0 aliphatic heterocycles. The molecule has 3 aromatic rings. The number of aromatic nitrogens is 3. The number of benzene rings is 1. The van der Waals surface area contributed by atoms with E-state index in [4.69, 9.17) is 0 Å². The van der Waals surface area contributed by atoms with Crippen molar-refractivity contribution < 1.29 is 0 Å². The maximum absolute atomic E-state index is 4.57. The lowest BCUT2D eigenvalue weighted by Gasteiger charge is -2.03. The van der Waals surface area contributed by atoms with E-state index in [1.54, 1.807) is 11.3 Å². The van der Waals surface area contributed by atoms with E-state index < -0.39 is 0 Å². The lowest BCUT2D eigenvalue weighted by Crippen LogP contribution is -1.88. The van der Waals surface area contributed by atoms with Gasteiger partial charge in [0.2, 0.25) is 0 Å². The van der Waals surface area contributed by atoms with E-state index in [-0.39, 0.29) is 0 Å². The molecule has 0 atom stereocenters. The molecule has 3 nitrogen and oxygen atoms in total. The van der Waals surface area contributed by atoms with Crippen molar-refractivity contribution in [2.75, 3.05) is 0 Å².